The summed E-state index contributed by atoms with van der Waals surface area (Å²) >= 11 is 6.48. The highest BCUT2D eigenvalue weighted by Crippen LogP contribution is 2.21. The smallest absolute Gasteiger partial charge is 0.138 e. The fraction of sp³-hybridized carbons (Fsp3) is 0.667. The van der Waals surface area contributed by atoms with Crippen molar-refractivity contribution in [2.24, 2.45) is 0 Å². The van der Waals surface area contributed by atoms with Crippen molar-refractivity contribution < 1.29 is 0 Å². The van der Waals surface area contributed by atoms with E-state index in [9.17, 15) is 0 Å². The Kier molecular flexibility index (Phi) is 4.78. The van der Waals surface area contributed by atoms with E-state index < -0.39 is 0 Å². The lowest BCUT2D eigenvalue weighted by Crippen LogP contribution is -2.37. The first-order chi connectivity index (χ1) is 10.7. The van der Waals surface area contributed by atoms with Crippen molar-refractivity contribution in [1.29, 1.82) is 0 Å². The molecule has 1 unspecified atom stereocenters. The SMILES string of the molecule is CCCCn1nc(C)c(CNC2CCc3ncnn3C2)c1Cl. The zero-order valence-electron chi connectivity index (χ0n) is 13.2. The average molecular weight is 323 g/mol. The van der Waals surface area contributed by atoms with E-state index in [0.717, 1.165) is 67.6 Å². The molecule has 3 heterocycles. The number of aromatic nitrogens is 5. The summed E-state index contributed by atoms with van der Waals surface area (Å²) < 4.78 is 3.91. The van der Waals surface area contributed by atoms with Crippen LogP contribution in [0.15, 0.2) is 6.33 Å². The molecule has 0 radical (unpaired) electrons. The molecule has 22 heavy (non-hydrogen) atoms. The van der Waals surface area contributed by atoms with Crippen molar-refractivity contribution in [2.45, 2.75) is 65.2 Å². The van der Waals surface area contributed by atoms with Crippen molar-refractivity contribution in [3.05, 3.63) is 28.6 Å². The molecule has 1 aliphatic heterocycles. The van der Waals surface area contributed by atoms with Crippen molar-refractivity contribution >= 4 is 11.6 Å². The van der Waals surface area contributed by atoms with Gasteiger partial charge in [-0.3, -0.25) is 4.68 Å². The molecule has 6 nitrogen and oxygen atoms in total. The molecule has 0 spiro atoms. The van der Waals surface area contributed by atoms with E-state index in [1.807, 2.05) is 16.3 Å². The Bertz CT molecular complexity index is 632. The van der Waals surface area contributed by atoms with Gasteiger partial charge in [0.2, 0.25) is 0 Å². The lowest BCUT2D eigenvalue weighted by atomic mass is 10.1. The first-order valence-corrected chi connectivity index (χ1v) is 8.38. The van der Waals surface area contributed by atoms with Crippen LogP contribution in [0.5, 0.6) is 0 Å². The van der Waals surface area contributed by atoms with E-state index in [2.05, 4.69) is 27.4 Å². The van der Waals surface area contributed by atoms with Crippen LogP contribution in [0.25, 0.3) is 0 Å². The quantitative estimate of drug-likeness (QED) is 0.886. The lowest BCUT2D eigenvalue weighted by molar-refractivity contribution is 0.358. The summed E-state index contributed by atoms with van der Waals surface area (Å²) in [7, 11) is 0. The van der Waals surface area contributed by atoms with Gasteiger partial charge in [-0.1, -0.05) is 24.9 Å². The van der Waals surface area contributed by atoms with Gasteiger partial charge in [0.25, 0.3) is 0 Å². The fourth-order valence-corrected chi connectivity index (χ4v) is 3.22. The van der Waals surface area contributed by atoms with Gasteiger partial charge in [0.1, 0.15) is 17.3 Å². The molecule has 1 atom stereocenters. The van der Waals surface area contributed by atoms with Crippen LogP contribution in [0.2, 0.25) is 5.15 Å². The Hall–Kier alpha value is -1.40. The molecular weight excluding hydrogens is 300 g/mol. The van der Waals surface area contributed by atoms with E-state index in [1.165, 1.54) is 0 Å². The third-order valence-electron chi connectivity index (χ3n) is 4.28. The number of hydrogen-bond acceptors (Lipinski definition) is 4. The minimum atomic E-state index is 0.406. The van der Waals surface area contributed by atoms with Crippen LogP contribution in [-0.2, 0) is 26.1 Å². The van der Waals surface area contributed by atoms with E-state index in [-0.39, 0.29) is 0 Å². The maximum atomic E-state index is 6.48. The minimum Gasteiger partial charge on any atom is -0.308 e. The largest absolute Gasteiger partial charge is 0.308 e. The Balaban J connectivity index is 1.61. The van der Waals surface area contributed by atoms with Crippen LogP contribution >= 0.6 is 11.6 Å². The molecule has 2 aromatic rings. The molecule has 7 heteroatoms. The van der Waals surface area contributed by atoms with Gasteiger partial charge in [-0.15, -0.1) is 0 Å². The molecule has 0 aromatic carbocycles. The zero-order chi connectivity index (χ0) is 15.5. The highest BCUT2D eigenvalue weighted by molar-refractivity contribution is 6.30. The lowest BCUT2D eigenvalue weighted by Gasteiger charge is -2.23. The summed E-state index contributed by atoms with van der Waals surface area (Å²) in [6.45, 7) is 6.72. The fourth-order valence-electron chi connectivity index (χ4n) is 2.90. The maximum Gasteiger partial charge on any atom is 0.138 e. The third kappa shape index (κ3) is 3.17. The summed E-state index contributed by atoms with van der Waals surface area (Å²) in [5, 5.41) is 13.2. The second kappa shape index (κ2) is 6.79. The van der Waals surface area contributed by atoms with Crippen LogP contribution in [0.3, 0.4) is 0 Å². The van der Waals surface area contributed by atoms with Gasteiger partial charge in [-0.2, -0.15) is 10.2 Å². The van der Waals surface area contributed by atoms with Gasteiger partial charge in [0.05, 0.1) is 12.2 Å². The summed E-state index contributed by atoms with van der Waals surface area (Å²) in [6, 6.07) is 0.406. The average Bonchev–Trinajstić information content (AvgIpc) is 3.08. The molecule has 1 N–H and O–H groups in total. The Morgan fingerprint density at radius 2 is 2.32 bits per heavy atom. The summed E-state index contributed by atoms with van der Waals surface area (Å²) in [5.74, 6) is 1.08. The molecule has 0 saturated heterocycles. The molecule has 0 aliphatic carbocycles. The predicted octanol–water partition coefficient (Wildman–Crippen LogP) is 2.34. The van der Waals surface area contributed by atoms with Gasteiger partial charge in [-0.05, 0) is 19.8 Å². The van der Waals surface area contributed by atoms with Gasteiger partial charge >= 0.3 is 0 Å². The van der Waals surface area contributed by atoms with Crippen molar-refractivity contribution in [1.82, 2.24) is 29.9 Å². The number of aryl methyl sites for hydroxylation is 3. The minimum absolute atomic E-state index is 0.406. The van der Waals surface area contributed by atoms with Gasteiger partial charge in [0.15, 0.2) is 0 Å². The number of nitrogens with zero attached hydrogens (tertiary/aromatic N) is 5. The molecule has 120 valence electrons. The normalized spacial score (nSPS) is 17.7. The summed E-state index contributed by atoms with van der Waals surface area (Å²) in [6.07, 6.45) is 5.94. The molecule has 2 aromatic heterocycles. The standard InChI is InChI=1S/C15H23ClN6/c1-3-4-7-21-15(16)13(11(2)20-21)8-17-12-5-6-14-18-10-19-22(14)9-12/h10,12,17H,3-9H2,1-2H3. The van der Waals surface area contributed by atoms with Crippen LogP contribution in [-0.4, -0.2) is 30.6 Å². The highest BCUT2D eigenvalue weighted by atomic mass is 35.5. The van der Waals surface area contributed by atoms with Crippen LogP contribution < -0.4 is 5.32 Å². The topological polar surface area (TPSA) is 60.6 Å². The summed E-state index contributed by atoms with van der Waals surface area (Å²) in [4.78, 5) is 4.26. The van der Waals surface area contributed by atoms with E-state index >= 15 is 0 Å². The molecule has 1 aliphatic rings. The van der Waals surface area contributed by atoms with E-state index in [1.54, 1.807) is 6.33 Å². The van der Waals surface area contributed by atoms with E-state index in [0.29, 0.717) is 6.04 Å². The molecule has 0 saturated carbocycles. The molecule has 0 bridgehead atoms. The van der Waals surface area contributed by atoms with Crippen molar-refractivity contribution in [2.75, 3.05) is 0 Å². The van der Waals surface area contributed by atoms with Gasteiger partial charge in [-0.25, -0.2) is 9.67 Å². The second-order valence-corrected chi connectivity index (χ2v) is 6.26. The van der Waals surface area contributed by atoms with Crippen LogP contribution in [0.4, 0.5) is 0 Å². The highest BCUT2D eigenvalue weighted by Gasteiger charge is 2.20. The number of unbranched alkanes of at least 4 members (excludes halogenated alkanes) is 1. The summed E-state index contributed by atoms with van der Waals surface area (Å²) in [5.41, 5.74) is 2.13. The third-order valence-corrected chi connectivity index (χ3v) is 4.70. The number of rotatable bonds is 6. The maximum absolute atomic E-state index is 6.48. The van der Waals surface area contributed by atoms with Crippen molar-refractivity contribution in [3.8, 4) is 0 Å². The predicted molar refractivity (Wildman–Crippen MR) is 85.9 cm³/mol. The van der Waals surface area contributed by atoms with Crippen LogP contribution in [0.1, 0.15) is 43.3 Å². The Morgan fingerprint density at radius 3 is 3.14 bits per heavy atom. The number of nitrogens with one attached hydrogen (secondary N) is 1. The Morgan fingerprint density at radius 1 is 1.45 bits per heavy atom. The molecule has 0 amide bonds. The molecule has 0 fully saturated rings. The monoisotopic (exact) mass is 322 g/mol. The van der Waals surface area contributed by atoms with Gasteiger partial charge in [0, 0.05) is 31.1 Å². The van der Waals surface area contributed by atoms with Gasteiger partial charge < -0.3 is 5.32 Å². The first kappa shape index (κ1) is 15.5. The van der Waals surface area contributed by atoms with E-state index in [4.69, 9.17) is 11.6 Å². The van der Waals surface area contributed by atoms with Crippen LogP contribution in [0, 0.1) is 6.92 Å². The zero-order valence-corrected chi connectivity index (χ0v) is 14.0. The number of halogens is 1. The number of fused-ring (bicyclic) bond motifs is 1. The van der Waals surface area contributed by atoms with Crippen molar-refractivity contribution in [3.63, 3.8) is 0 Å². The number of hydrogen-bond donors (Lipinski definition) is 1. The Labute approximate surface area is 135 Å². The first-order valence-electron chi connectivity index (χ1n) is 8.01. The molecular formula is C15H23ClN6. The molecule has 3 rings (SSSR count). The second-order valence-electron chi connectivity index (χ2n) is 5.91.